The number of amides is 1. The molecule has 0 bridgehead atoms. The van der Waals surface area contributed by atoms with Crippen molar-refractivity contribution < 1.29 is 13.2 Å². The van der Waals surface area contributed by atoms with E-state index >= 15 is 0 Å². The van der Waals surface area contributed by atoms with Crippen molar-refractivity contribution in [1.82, 2.24) is 10.2 Å². The number of sulfone groups is 1. The molecule has 1 amide bonds. The Labute approximate surface area is 137 Å². The molecule has 0 aromatic heterocycles. The van der Waals surface area contributed by atoms with Crippen LogP contribution in [-0.4, -0.2) is 55.9 Å². The highest BCUT2D eigenvalue weighted by Crippen LogP contribution is 2.22. The van der Waals surface area contributed by atoms with Crippen LogP contribution in [0.1, 0.15) is 18.4 Å². The Balaban J connectivity index is 1.65. The van der Waals surface area contributed by atoms with Gasteiger partial charge in [-0.3, -0.25) is 9.69 Å². The van der Waals surface area contributed by atoms with Gasteiger partial charge in [0.05, 0.1) is 17.5 Å². The summed E-state index contributed by atoms with van der Waals surface area (Å²) in [7, 11) is -3.08. The van der Waals surface area contributed by atoms with Crippen molar-refractivity contribution >= 4 is 21.8 Å². The van der Waals surface area contributed by atoms with E-state index in [0.29, 0.717) is 0 Å². The molecule has 1 aromatic carbocycles. The molecule has 1 aromatic rings. The minimum absolute atomic E-state index is 0.0408. The van der Waals surface area contributed by atoms with Crippen molar-refractivity contribution in [1.29, 1.82) is 0 Å². The first-order valence-electron chi connectivity index (χ1n) is 8.02. The van der Waals surface area contributed by atoms with E-state index in [0.717, 1.165) is 31.5 Å². The predicted molar refractivity (Wildman–Crippen MR) is 90.7 cm³/mol. The lowest BCUT2D eigenvalue weighted by molar-refractivity contribution is -0.117. The number of likely N-dealkylation sites (tertiary alicyclic amines) is 1. The second-order valence-corrected chi connectivity index (χ2v) is 8.40. The third-order valence-corrected chi connectivity index (χ3v) is 6.20. The summed E-state index contributed by atoms with van der Waals surface area (Å²) in [5, 5.41) is 2.89. The van der Waals surface area contributed by atoms with E-state index in [4.69, 9.17) is 0 Å². The summed E-state index contributed by atoms with van der Waals surface area (Å²) >= 11 is 0. The van der Waals surface area contributed by atoms with Gasteiger partial charge in [0, 0.05) is 12.1 Å². The Kier molecular flexibility index (Phi) is 4.82. The van der Waals surface area contributed by atoms with E-state index in [1.807, 2.05) is 30.3 Å². The van der Waals surface area contributed by atoms with E-state index in [2.05, 4.69) is 10.2 Å². The molecule has 2 heterocycles. The molecule has 6 heteroatoms. The first-order chi connectivity index (χ1) is 11.0. The Morgan fingerprint density at radius 1 is 1.13 bits per heavy atom. The molecular weight excluding hydrogens is 312 g/mol. The van der Waals surface area contributed by atoms with Crippen molar-refractivity contribution in [3.63, 3.8) is 0 Å². The number of nitrogens with zero attached hydrogens (tertiary/aromatic N) is 1. The third kappa shape index (κ3) is 4.20. The maximum absolute atomic E-state index is 12.1. The fourth-order valence-electron chi connectivity index (χ4n) is 3.37. The van der Waals surface area contributed by atoms with Gasteiger partial charge in [0.1, 0.15) is 0 Å². The molecule has 0 aliphatic carbocycles. The van der Waals surface area contributed by atoms with Crippen molar-refractivity contribution in [2.24, 2.45) is 0 Å². The van der Waals surface area contributed by atoms with Crippen LogP contribution in [0.2, 0.25) is 0 Å². The van der Waals surface area contributed by atoms with Gasteiger partial charge >= 0.3 is 0 Å². The summed E-state index contributed by atoms with van der Waals surface area (Å²) in [6, 6.07) is 9.16. The maximum Gasteiger partial charge on any atom is 0.244 e. The highest BCUT2D eigenvalue weighted by atomic mass is 32.2. The van der Waals surface area contributed by atoms with Crippen LogP contribution in [0.25, 0.3) is 6.08 Å². The second kappa shape index (κ2) is 6.84. The molecule has 2 fully saturated rings. The van der Waals surface area contributed by atoms with Crippen LogP contribution in [0.4, 0.5) is 0 Å². The Morgan fingerprint density at radius 2 is 1.83 bits per heavy atom. The first-order valence-corrected chi connectivity index (χ1v) is 9.84. The number of nitrogens with one attached hydrogen (secondary N) is 1. The summed E-state index contributed by atoms with van der Waals surface area (Å²) in [6.45, 7) is 1.85. The molecule has 124 valence electrons. The van der Waals surface area contributed by atoms with E-state index < -0.39 is 9.84 Å². The monoisotopic (exact) mass is 334 g/mol. The lowest BCUT2D eigenvalue weighted by Crippen LogP contribution is -2.49. The minimum atomic E-state index is -3.08. The summed E-state index contributed by atoms with van der Waals surface area (Å²) in [6.07, 6.45) is 5.42. The summed E-state index contributed by atoms with van der Waals surface area (Å²) in [4.78, 5) is 14.3. The van der Waals surface area contributed by atoms with Crippen molar-refractivity contribution in [3.8, 4) is 0 Å². The molecule has 0 saturated carbocycles. The van der Waals surface area contributed by atoms with Crippen LogP contribution in [0.3, 0.4) is 0 Å². The highest BCUT2D eigenvalue weighted by molar-refractivity contribution is 7.91. The van der Waals surface area contributed by atoms with Gasteiger partial charge in [0.2, 0.25) is 5.91 Å². The zero-order chi connectivity index (χ0) is 16.3. The molecule has 1 N–H and O–H groups in total. The summed E-state index contributed by atoms with van der Waals surface area (Å²) < 4.78 is 23.9. The molecule has 3 rings (SSSR count). The number of carbonyl (C=O) groups excluding carboxylic acids is 1. The summed E-state index contributed by atoms with van der Waals surface area (Å²) in [5.74, 6) is -0.0421. The van der Waals surface area contributed by atoms with Crippen LogP contribution < -0.4 is 5.32 Å². The van der Waals surface area contributed by atoms with Crippen LogP contribution in [0, 0.1) is 0 Å². The van der Waals surface area contributed by atoms with Crippen molar-refractivity contribution in [2.45, 2.75) is 24.9 Å². The Hall–Kier alpha value is -1.66. The zero-order valence-electron chi connectivity index (χ0n) is 13.0. The van der Waals surface area contributed by atoms with E-state index in [1.165, 1.54) is 6.08 Å². The highest BCUT2D eigenvalue weighted by Gasteiger charge is 2.42. The lowest BCUT2D eigenvalue weighted by atomic mass is 10.1. The maximum atomic E-state index is 12.1. The quantitative estimate of drug-likeness (QED) is 0.837. The van der Waals surface area contributed by atoms with Crippen LogP contribution >= 0.6 is 0 Å². The van der Waals surface area contributed by atoms with Gasteiger partial charge in [-0.25, -0.2) is 8.42 Å². The number of carbonyl (C=O) groups is 1. The number of hydrogen-bond acceptors (Lipinski definition) is 4. The van der Waals surface area contributed by atoms with Gasteiger partial charge in [-0.1, -0.05) is 30.3 Å². The molecule has 0 spiro atoms. The number of hydrogen-bond donors (Lipinski definition) is 1. The lowest BCUT2D eigenvalue weighted by Gasteiger charge is -2.28. The van der Waals surface area contributed by atoms with Gasteiger partial charge in [-0.2, -0.15) is 0 Å². The summed E-state index contributed by atoms with van der Waals surface area (Å²) in [5.41, 5.74) is 0.942. The molecule has 23 heavy (non-hydrogen) atoms. The smallest absolute Gasteiger partial charge is 0.244 e. The second-order valence-electron chi connectivity index (χ2n) is 6.25. The Morgan fingerprint density at radius 3 is 2.52 bits per heavy atom. The van der Waals surface area contributed by atoms with Gasteiger partial charge in [0.25, 0.3) is 0 Å². The van der Waals surface area contributed by atoms with E-state index in [1.54, 1.807) is 6.08 Å². The predicted octanol–water partition coefficient (Wildman–Crippen LogP) is 1.08. The van der Waals surface area contributed by atoms with Crippen LogP contribution in [0.5, 0.6) is 0 Å². The molecular formula is C17H22N2O3S. The van der Waals surface area contributed by atoms with Crippen molar-refractivity contribution in [2.75, 3.05) is 24.6 Å². The molecule has 2 aliphatic heterocycles. The fraction of sp³-hybridized carbons (Fsp3) is 0.471. The minimum Gasteiger partial charge on any atom is -0.347 e. The molecule has 5 nitrogen and oxygen atoms in total. The fourth-order valence-corrected chi connectivity index (χ4v) is 5.32. The zero-order valence-corrected chi connectivity index (χ0v) is 13.8. The van der Waals surface area contributed by atoms with Gasteiger partial charge < -0.3 is 5.32 Å². The average Bonchev–Trinajstić information content (AvgIpc) is 3.14. The third-order valence-electron chi connectivity index (χ3n) is 4.49. The SMILES string of the molecule is O=C(C=Cc1ccccc1)NC1CS(=O)(=O)CC1N1CCCC1. The van der Waals surface area contributed by atoms with Crippen LogP contribution in [-0.2, 0) is 14.6 Å². The average molecular weight is 334 g/mol. The van der Waals surface area contributed by atoms with Gasteiger partial charge in [0.15, 0.2) is 9.84 Å². The van der Waals surface area contributed by atoms with Crippen LogP contribution in [0.15, 0.2) is 36.4 Å². The molecule has 2 unspecified atom stereocenters. The topological polar surface area (TPSA) is 66.5 Å². The first kappa shape index (κ1) is 16.2. The van der Waals surface area contributed by atoms with E-state index in [-0.39, 0.29) is 29.5 Å². The normalized spacial score (nSPS) is 27.5. The largest absolute Gasteiger partial charge is 0.347 e. The van der Waals surface area contributed by atoms with Gasteiger partial charge in [-0.15, -0.1) is 0 Å². The van der Waals surface area contributed by atoms with Gasteiger partial charge in [-0.05, 0) is 37.6 Å². The molecule has 2 saturated heterocycles. The molecule has 2 atom stereocenters. The number of rotatable bonds is 4. The Bertz CT molecular complexity index is 679. The standard InChI is InChI=1S/C17H22N2O3S/c20-17(9-8-14-6-2-1-3-7-14)18-15-12-23(21,22)13-16(15)19-10-4-5-11-19/h1-3,6-9,15-16H,4-5,10-13H2,(H,18,20). The molecule has 2 aliphatic rings. The van der Waals surface area contributed by atoms with E-state index in [9.17, 15) is 13.2 Å². The molecule has 0 radical (unpaired) electrons. The van der Waals surface area contributed by atoms with Crippen molar-refractivity contribution in [3.05, 3.63) is 42.0 Å². The number of benzene rings is 1.